The van der Waals surface area contributed by atoms with Gasteiger partial charge in [-0.15, -0.1) is 0 Å². The molecular formula is C73H50N12. The standard InChI is InChI=1S/C37H26N6.C36H24N6/c1-25-30(27-12-15-36(42-23-27)33-9-3-6-18-39-33)20-29(26-11-14-35(41-22-26)32-8-2-5-17-38-32)21-31(25)28-13-16-37(43-24-28)34-10-4-7-19-40-34;1-4-16-37-31(7-1)34-13-10-25(22-40-34)28-19-29(26-11-14-35(41-23-26)32-8-2-5-17-38-32)21-30(20-28)27-12-15-36(42-24-27)33-9-3-6-18-39-33/h2-24H,1H3;1-24H. The summed E-state index contributed by atoms with van der Waals surface area (Å²) < 4.78 is 0. The second-order valence-corrected chi connectivity index (χ2v) is 19.9. The van der Waals surface area contributed by atoms with Gasteiger partial charge in [0.1, 0.15) is 0 Å². The lowest BCUT2D eigenvalue weighted by atomic mass is 9.89. The van der Waals surface area contributed by atoms with Crippen molar-refractivity contribution >= 4 is 0 Å². The molecule has 0 amide bonds. The lowest BCUT2D eigenvalue weighted by Crippen LogP contribution is -1.95. The average molecular weight is 1100 g/mol. The summed E-state index contributed by atoms with van der Waals surface area (Å²) >= 11 is 0. The van der Waals surface area contributed by atoms with Crippen LogP contribution in [0.2, 0.25) is 0 Å². The minimum Gasteiger partial charge on any atom is -0.255 e. The average Bonchev–Trinajstić information content (AvgIpc) is 3.59. The molecule has 12 aromatic heterocycles. The number of pyridine rings is 12. The third kappa shape index (κ3) is 12.0. The minimum atomic E-state index is 0.833. The Hall–Kier alpha value is -11.8. The van der Waals surface area contributed by atoms with E-state index in [4.69, 9.17) is 29.9 Å². The van der Waals surface area contributed by atoms with Crippen LogP contribution < -0.4 is 0 Å². The Kier molecular flexibility index (Phi) is 15.2. The highest BCUT2D eigenvalue weighted by Crippen LogP contribution is 2.39. The molecule has 0 atom stereocenters. The third-order valence-electron chi connectivity index (χ3n) is 14.4. The topological polar surface area (TPSA) is 155 Å². The maximum atomic E-state index is 4.76. The molecule has 14 rings (SSSR count). The van der Waals surface area contributed by atoms with Crippen molar-refractivity contribution in [3.05, 3.63) is 292 Å². The van der Waals surface area contributed by atoms with Gasteiger partial charge in [-0.1, -0.05) is 72.8 Å². The SMILES string of the molecule is Cc1c(-c2ccc(-c3ccccn3)nc2)cc(-c2ccc(-c3ccccn3)nc2)cc1-c1ccc(-c2ccccn2)nc1.c1ccc(-c2ccc(-c3cc(-c4ccc(-c5ccccn5)nc4)cc(-c4ccc(-c5ccccn5)nc4)c3)cn2)nc1. The van der Waals surface area contributed by atoms with E-state index in [2.05, 4.69) is 104 Å². The molecule has 0 N–H and O–H groups in total. The van der Waals surface area contributed by atoms with Crippen LogP contribution in [0.3, 0.4) is 0 Å². The number of hydrogen-bond donors (Lipinski definition) is 0. The van der Waals surface area contributed by atoms with Gasteiger partial charge < -0.3 is 0 Å². The number of nitrogens with zero attached hydrogens (tertiary/aromatic N) is 12. The molecule has 0 aliphatic rings. The normalized spacial score (nSPS) is 10.9. The van der Waals surface area contributed by atoms with Gasteiger partial charge in [-0.05, 0) is 185 Å². The summed E-state index contributed by atoms with van der Waals surface area (Å²) in [5.74, 6) is 0. The van der Waals surface area contributed by atoms with Gasteiger partial charge in [-0.25, -0.2) is 0 Å². The number of aromatic nitrogens is 12. The molecule has 85 heavy (non-hydrogen) atoms. The summed E-state index contributed by atoms with van der Waals surface area (Å²) in [7, 11) is 0. The first-order valence-electron chi connectivity index (χ1n) is 27.6. The van der Waals surface area contributed by atoms with E-state index in [1.54, 1.807) is 37.2 Å². The molecule has 0 bridgehead atoms. The molecule has 0 aliphatic carbocycles. The van der Waals surface area contributed by atoms with Gasteiger partial charge in [-0.2, -0.15) is 0 Å². The predicted octanol–water partition coefficient (Wildman–Crippen LogP) is 16.4. The fourth-order valence-corrected chi connectivity index (χ4v) is 9.97. The zero-order valence-electron chi connectivity index (χ0n) is 46.0. The Balaban J connectivity index is 0.000000158. The molecule has 0 radical (unpaired) electrons. The molecule has 14 aromatic rings. The van der Waals surface area contributed by atoms with E-state index in [1.165, 1.54) is 0 Å². The molecule has 402 valence electrons. The van der Waals surface area contributed by atoms with Crippen LogP contribution in [0.15, 0.2) is 287 Å². The summed E-state index contributed by atoms with van der Waals surface area (Å²) in [5, 5.41) is 0. The van der Waals surface area contributed by atoms with Crippen molar-refractivity contribution in [2.24, 2.45) is 0 Å². The lowest BCUT2D eigenvalue weighted by Gasteiger charge is -2.16. The molecule has 12 heteroatoms. The second-order valence-electron chi connectivity index (χ2n) is 19.9. The zero-order chi connectivity index (χ0) is 57.2. The summed E-state index contributed by atoms with van der Waals surface area (Å²) in [6.07, 6.45) is 22.1. The molecular weight excluding hydrogens is 1040 g/mol. The third-order valence-corrected chi connectivity index (χ3v) is 14.4. The van der Waals surface area contributed by atoms with Crippen LogP contribution in [0, 0.1) is 6.92 Å². The van der Waals surface area contributed by atoms with Crippen LogP contribution in [0.25, 0.3) is 135 Å². The van der Waals surface area contributed by atoms with Crippen molar-refractivity contribution in [1.82, 2.24) is 59.8 Å². The van der Waals surface area contributed by atoms with Crippen molar-refractivity contribution in [3.63, 3.8) is 0 Å². The molecule has 12 heterocycles. The largest absolute Gasteiger partial charge is 0.255 e. The number of benzene rings is 2. The van der Waals surface area contributed by atoms with E-state index in [1.807, 2.05) is 183 Å². The van der Waals surface area contributed by atoms with Crippen molar-refractivity contribution in [1.29, 1.82) is 0 Å². The van der Waals surface area contributed by atoms with Gasteiger partial charge in [0.05, 0.1) is 68.3 Å². The van der Waals surface area contributed by atoms with Crippen LogP contribution >= 0.6 is 0 Å². The van der Waals surface area contributed by atoms with Crippen molar-refractivity contribution in [3.8, 4) is 135 Å². The van der Waals surface area contributed by atoms with E-state index in [9.17, 15) is 0 Å². The van der Waals surface area contributed by atoms with Crippen molar-refractivity contribution < 1.29 is 0 Å². The molecule has 0 saturated carbocycles. The zero-order valence-corrected chi connectivity index (χ0v) is 46.0. The maximum Gasteiger partial charge on any atom is 0.0886 e. The van der Waals surface area contributed by atoms with Crippen molar-refractivity contribution in [2.75, 3.05) is 0 Å². The summed E-state index contributed by atoms with van der Waals surface area (Å²) in [6, 6.07) is 70.6. The van der Waals surface area contributed by atoms with Crippen LogP contribution in [0.5, 0.6) is 0 Å². The van der Waals surface area contributed by atoms with E-state index >= 15 is 0 Å². The predicted molar refractivity (Wildman–Crippen MR) is 336 cm³/mol. The molecule has 0 fully saturated rings. The molecule has 2 aromatic carbocycles. The van der Waals surface area contributed by atoms with E-state index in [0.29, 0.717) is 0 Å². The Morgan fingerprint density at radius 1 is 0.176 bits per heavy atom. The lowest BCUT2D eigenvalue weighted by molar-refractivity contribution is 1.24. The Morgan fingerprint density at radius 3 is 0.565 bits per heavy atom. The monoisotopic (exact) mass is 1090 g/mol. The smallest absolute Gasteiger partial charge is 0.0886 e. The fraction of sp³-hybridized carbons (Fsp3) is 0.0137. The first-order valence-corrected chi connectivity index (χ1v) is 27.6. The first-order chi connectivity index (χ1) is 42.0. The van der Waals surface area contributed by atoms with Crippen LogP contribution in [0.1, 0.15) is 5.56 Å². The number of rotatable bonds is 12. The highest BCUT2D eigenvalue weighted by molar-refractivity contribution is 5.86. The molecule has 0 spiro atoms. The Labute approximate surface area is 491 Å². The second kappa shape index (κ2) is 24.5. The van der Waals surface area contributed by atoms with Crippen LogP contribution in [0.4, 0.5) is 0 Å². The highest BCUT2D eigenvalue weighted by atomic mass is 14.8. The van der Waals surface area contributed by atoms with Crippen LogP contribution in [-0.2, 0) is 0 Å². The minimum absolute atomic E-state index is 0.833. The van der Waals surface area contributed by atoms with Crippen LogP contribution in [-0.4, -0.2) is 59.8 Å². The van der Waals surface area contributed by atoms with Gasteiger partial charge in [0.15, 0.2) is 0 Å². The van der Waals surface area contributed by atoms with Gasteiger partial charge in [0.2, 0.25) is 0 Å². The maximum absolute atomic E-state index is 4.76. The highest BCUT2D eigenvalue weighted by Gasteiger charge is 2.16. The summed E-state index contributed by atoms with van der Waals surface area (Å²) in [6.45, 7) is 2.15. The summed E-state index contributed by atoms with van der Waals surface area (Å²) in [5.41, 5.74) is 23.7. The Bertz CT molecular complexity index is 4140. The quantitative estimate of drug-likeness (QED) is 0.114. The van der Waals surface area contributed by atoms with Gasteiger partial charge in [0.25, 0.3) is 0 Å². The molecule has 0 saturated heterocycles. The molecule has 12 nitrogen and oxygen atoms in total. The molecule has 0 aliphatic heterocycles. The van der Waals surface area contributed by atoms with Gasteiger partial charge >= 0.3 is 0 Å². The number of hydrogen-bond acceptors (Lipinski definition) is 12. The van der Waals surface area contributed by atoms with Crippen molar-refractivity contribution in [2.45, 2.75) is 6.92 Å². The van der Waals surface area contributed by atoms with E-state index in [0.717, 1.165) is 141 Å². The summed E-state index contributed by atoms with van der Waals surface area (Å²) in [4.78, 5) is 55.1. The van der Waals surface area contributed by atoms with Gasteiger partial charge in [0, 0.05) is 108 Å². The van der Waals surface area contributed by atoms with Gasteiger partial charge in [-0.3, -0.25) is 59.8 Å². The fourth-order valence-electron chi connectivity index (χ4n) is 9.97. The first kappa shape index (κ1) is 52.6. The van der Waals surface area contributed by atoms with E-state index in [-0.39, 0.29) is 0 Å². The Morgan fingerprint density at radius 2 is 0.376 bits per heavy atom. The van der Waals surface area contributed by atoms with E-state index < -0.39 is 0 Å². The molecule has 0 unspecified atom stereocenters.